The highest BCUT2D eigenvalue weighted by molar-refractivity contribution is 5.82. The number of nitrogens with one attached hydrogen (secondary N) is 1. The quantitative estimate of drug-likeness (QED) is 0.836. The Hall–Kier alpha value is -1.94. The molecule has 0 fully saturated rings. The summed E-state index contributed by atoms with van der Waals surface area (Å²) in [7, 11) is 0. The van der Waals surface area contributed by atoms with Gasteiger partial charge in [-0.15, -0.1) is 0 Å². The Labute approximate surface area is 112 Å². The van der Waals surface area contributed by atoms with Crippen LogP contribution < -0.4 is 5.32 Å². The number of fused-ring (bicyclic) bond motifs is 1. The minimum absolute atomic E-state index is 0.0652. The molecule has 100 valence electrons. The number of carboxylic acids is 1. The summed E-state index contributed by atoms with van der Waals surface area (Å²) in [5, 5.41) is 13.4. The van der Waals surface area contributed by atoms with Crippen molar-refractivity contribution in [2.75, 3.05) is 6.54 Å². The summed E-state index contributed by atoms with van der Waals surface area (Å²) in [6, 6.07) is 9.56. The van der Waals surface area contributed by atoms with E-state index in [1.54, 1.807) is 6.20 Å². The van der Waals surface area contributed by atoms with Crippen molar-refractivity contribution < 1.29 is 9.90 Å². The van der Waals surface area contributed by atoms with Crippen molar-refractivity contribution in [1.82, 2.24) is 10.3 Å². The van der Waals surface area contributed by atoms with Gasteiger partial charge >= 0.3 is 5.97 Å². The minimum Gasteiger partial charge on any atom is -0.481 e. The lowest BCUT2D eigenvalue weighted by Crippen LogP contribution is -2.25. The number of benzene rings is 1. The first-order valence-electron chi connectivity index (χ1n) is 6.51. The monoisotopic (exact) mass is 258 g/mol. The van der Waals surface area contributed by atoms with E-state index >= 15 is 0 Å². The third kappa shape index (κ3) is 3.29. The lowest BCUT2D eigenvalue weighted by Gasteiger charge is -2.18. The molecule has 2 aromatic rings. The van der Waals surface area contributed by atoms with E-state index in [2.05, 4.69) is 17.2 Å². The van der Waals surface area contributed by atoms with Crippen LogP contribution in [0.15, 0.2) is 36.5 Å². The number of hydrogen-bond donors (Lipinski definition) is 2. The predicted octanol–water partition coefficient (Wildman–Crippen LogP) is 2.75. The van der Waals surface area contributed by atoms with Crippen molar-refractivity contribution in [3.05, 3.63) is 42.1 Å². The summed E-state index contributed by atoms with van der Waals surface area (Å²) in [5.41, 5.74) is 1.83. The molecule has 2 N–H and O–H groups in total. The van der Waals surface area contributed by atoms with Gasteiger partial charge in [0.05, 0.1) is 11.9 Å². The number of aliphatic carboxylic acids is 1. The van der Waals surface area contributed by atoms with E-state index in [-0.39, 0.29) is 12.5 Å². The number of aromatic nitrogens is 1. The molecular formula is C15H18N2O2. The zero-order chi connectivity index (χ0) is 13.7. The first kappa shape index (κ1) is 13.5. The van der Waals surface area contributed by atoms with E-state index < -0.39 is 5.97 Å². The third-order valence-electron chi connectivity index (χ3n) is 3.06. The van der Waals surface area contributed by atoms with Crippen molar-refractivity contribution in [1.29, 1.82) is 0 Å². The Morgan fingerprint density at radius 3 is 2.89 bits per heavy atom. The van der Waals surface area contributed by atoms with Crippen LogP contribution in [0.5, 0.6) is 0 Å². The summed E-state index contributed by atoms with van der Waals surface area (Å²) in [6.07, 6.45) is 2.77. The molecular weight excluding hydrogens is 240 g/mol. The first-order chi connectivity index (χ1) is 9.22. The third-order valence-corrected chi connectivity index (χ3v) is 3.06. The van der Waals surface area contributed by atoms with Crippen LogP contribution in [0.3, 0.4) is 0 Å². The van der Waals surface area contributed by atoms with E-state index in [0.717, 1.165) is 29.4 Å². The topological polar surface area (TPSA) is 62.2 Å². The molecule has 1 heterocycles. The maximum Gasteiger partial charge on any atom is 0.305 e. The molecule has 1 aromatic heterocycles. The Bertz CT molecular complexity index is 564. The number of pyridine rings is 1. The fourth-order valence-electron chi connectivity index (χ4n) is 2.19. The summed E-state index contributed by atoms with van der Waals surface area (Å²) in [5.74, 6) is -0.804. The Morgan fingerprint density at radius 2 is 2.16 bits per heavy atom. The lowest BCUT2D eigenvalue weighted by molar-refractivity contribution is -0.137. The second kappa shape index (κ2) is 6.29. The van der Waals surface area contributed by atoms with E-state index in [0.29, 0.717) is 0 Å². The van der Waals surface area contributed by atoms with Crippen molar-refractivity contribution >= 4 is 16.9 Å². The molecule has 0 aliphatic heterocycles. The Kier molecular flexibility index (Phi) is 4.47. The van der Waals surface area contributed by atoms with Crippen LogP contribution in [0.1, 0.15) is 31.4 Å². The van der Waals surface area contributed by atoms with Gasteiger partial charge < -0.3 is 10.4 Å². The van der Waals surface area contributed by atoms with Gasteiger partial charge in [-0.25, -0.2) is 0 Å². The Balaban J connectivity index is 2.39. The molecule has 0 radical (unpaired) electrons. The number of para-hydroxylation sites is 1. The van der Waals surface area contributed by atoms with E-state index in [1.807, 2.05) is 30.3 Å². The number of carboxylic acid groups (broad SMARTS) is 1. The largest absolute Gasteiger partial charge is 0.481 e. The second-order valence-electron chi connectivity index (χ2n) is 4.53. The van der Waals surface area contributed by atoms with Gasteiger partial charge in [0, 0.05) is 17.6 Å². The molecule has 4 nitrogen and oxygen atoms in total. The second-order valence-corrected chi connectivity index (χ2v) is 4.53. The number of hydrogen-bond acceptors (Lipinski definition) is 3. The smallest absolute Gasteiger partial charge is 0.305 e. The van der Waals surface area contributed by atoms with Crippen LogP contribution in [-0.4, -0.2) is 22.6 Å². The Morgan fingerprint density at radius 1 is 1.37 bits per heavy atom. The maximum atomic E-state index is 11.0. The number of carbonyl (C=O) groups is 1. The average molecular weight is 258 g/mol. The molecule has 0 aliphatic rings. The highest BCUT2D eigenvalue weighted by Gasteiger charge is 2.17. The SMILES string of the molecule is CCCNC(CC(=O)O)c1cccc2cccnc12. The molecule has 1 aromatic carbocycles. The summed E-state index contributed by atoms with van der Waals surface area (Å²) >= 11 is 0. The fourth-order valence-corrected chi connectivity index (χ4v) is 2.19. The van der Waals surface area contributed by atoms with Gasteiger partial charge in [0.2, 0.25) is 0 Å². The first-order valence-corrected chi connectivity index (χ1v) is 6.51. The molecule has 0 bridgehead atoms. The van der Waals surface area contributed by atoms with Crippen LogP contribution in [0.4, 0.5) is 0 Å². The van der Waals surface area contributed by atoms with E-state index in [9.17, 15) is 4.79 Å². The zero-order valence-corrected chi connectivity index (χ0v) is 11.0. The minimum atomic E-state index is -0.804. The van der Waals surface area contributed by atoms with Crippen molar-refractivity contribution in [3.8, 4) is 0 Å². The lowest BCUT2D eigenvalue weighted by atomic mass is 10.00. The fraction of sp³-hybridized carbons (Fsp3) is 0.333. The molecule has 0 aliphatic carbocycles. The summed E-state index contributed by atoms with van der Waals surface area (Å²) in [6.45, 7) is 2.85. The normalized spacial score (nSPS) is 12.5. The molecule has 0 saturated heterocycles. The van der Waals surface area contributed by atoms with Gasteiger partial charge in [0.1, 0.15) is 0 Å². The summed E-state index contributed by atoms with van der Waals surface area (Å²) < 4.78 is 0. The van der Waals surface area contributed by atoms with Gasteiger partial charge in [-0.1, -0.05) is 31.2 Å². The van der Waals surface area contributed by atoms with Crippen molar-refractivity contribution in [3.63, 3.8) is 0 Å². The molecule has 4 heteroatoms. The molecule has 1 atom stereocenters. The van der Waals surface area contributed by atoms with Gasteiger partial charge in [-0.3, -0.25) is 9.78 Å². The van der Waals surface area contributed by atoms with Crippen LogP contribution in [0.25, 0.3) is 10.9 Å². The van der Waals surface area contributed by atoms with Gasteiger partial charge in [0.15, 0.2) is 0 Å². The van der Waals surface area contributed by atoms with E-state index in [1.165, 1.54) is 0 Å². The highest BCUT2D eigenvalue weighted by atomic mass is 16.4. The zero-order valence-electron chi connectivity index (χ0n) is 11.0. The molecule has 0 spiro atoms. The van der Waals surface area contributed by atoms with Crippen molar-refractivity contribution in [2.24, 2.45) is 0 Å². The highest BCUT2D eigenvalue weighted by Crippen LogP contribution is 2.24. The van der Waals surface area contributed by atoms with Gasteiger partial charge in [0.25, 0.3) is 0 Å². The molecule has 19 heavy (non-hydrogen) atoms. The average Bonchev–Trinajstić information content (AvgIpc) is 2.42. The van der Waals surface area contributed by atoms with Crippen molar-refractivity contribution in [2.45, 2.75) is 25.8 Å². The standard InChI is InChI=1S/C15H18N2O2/c1-2-8-16-13(10-14(18)19)12-7-3-5-11-6-4-9-17-15(11)12/h3-7,9,13,16H,2,8,10H2,1H3,(H,18,19). The molecule has 0 saturated carbocycles. The van der Waals surface area contributed by atoms with E-state index in [4.69, 9.17) is 5.11 Å². The van der Waals surface area contributed by atoms with Crippen LogP contribution in [0, 0.1) is 0 Å². The molecule has 1 unspecified atom stereocenters. The maximum absolute atomic E-state index is 11.0. The van der Waals surface area contributed by atoms with Gasteiger partial charge in [-0.2, -0.15) is 0 Å². The predicted molar refractivity (Wildman–Crippen MR) is 75.0 cm³/mol. The molecule has 0 amide bonds. The summed E-state index contributed by atoms with van der Waals surface area (Å²) in [4.78, 5) is 15.4. The number of rotatable bonds is 6. The van der Waals surface area contributed by atoms with Crippen LogP contribution in [0.2, 0.25) is 0 Å². The molecule has 2 rings (SSSR count). The van der Waals surface area contributed by atoms with Crippen LogP contribution in [-0.2, 0) is 4.79 Å². The number of nitrogens with zero attached hydrogens (tertiary/aromatic N) is 1. The van der Waals surface area contributed by atoms with Crippen LogP contribution >= 0.6 is 0 Å². The van der Waals surface area contributed by atoms with Gasteiger partial charge in [-0.05, 0) is 24.6 Å².